The molecule has 1 N–H and O–H groups in total. The second-order valence-electron chi connectivity index (χ2n) is 3.92. The SMILES string of the molecule is CN(c1ccc(O)cc1)S(=O)(=O)c1ccccc1Br. The Morgan fingerprint density at radius 1 is 1.05 bits per heavy atom. The van der Waals surface area contributed by atoms with E-state index >= 15 is 0 Å². The van der Waals surface area contributed by atoms with Crippen molar-refractivity contribution >= 4 is 31.6 Å². The number of halogens is 1. The summed E-state index contributed by atoms with van der Waals surface area (Å²) in [6.45, 7) is 0. The van der Waals surface area contributed by atoms with E-state index in [1.54, 1.807) is 30.3 Å². The molecule has 0 bridgehead atoms. The maximum atomic E-state index is 12.5. The van der Waals surface area contributed by atoms with Gasteiger partial charge in [0.2, 0.25) is 0 Å². The van der Waals surface area contributed by atoms with Gasteiger partial charge >= 0.3 is 0 Å². The van der Waals surface area contributed by atoms with Gasteiger partial charge in [-0.05, 0) is 52.3 Å². The van der Waals surface area contributed by atoms with E-state index in [4.69, 9.17) is 0 Å². The largest absolute Gasteiger partial charge is 0.508 e. The van der Waals surface area contributed by atoms with Crippen LogP contribution in [0.15, 0.2) is 57.9 Å². The molecule has 0 radical (unpaired) electrons. The molecule has 2 aromatic carbocycles. The third kappa shape index (κ3) is 2.74. The molecule has 0 aromatic heterocycles. The Hall–Kier alpha value is -1.53. The van der Waals surface area contributed by atoms with Crippen LogP contribution < -0.4 is 4.31 Å². The first-order valence-electron chi connectivity index (χ1n) is 5.45. The normalized spacial score (nSPS) is 11.3. The van der Waals surface area contributed by atoms with Gasteiger partial charge in [-0.25, -0.2) is 8.42 Å². The van der Waals surface area contributed by atoms with E-state index in [9.17, 15) is 13.5 Å². The molecule has 4 nitrogen and oxygen atoms in total. The molecular formula is C13H12BrNO3S. The Labute approximate surface area is 120 Å². The van der Waals surface area contributed by atoms with Crippen molar-refractivity contribution in [3.05, 3.63) is 53.0 Å². The number of nitrogens with zero attached hydrogens (tertiary/aromatic N) is 1. The summed E-state index contributed by atoms with van der Waals surface area (Å²) in [6, 6.07) is 12.6. The van der Waals surface area contributed by atoms with E-state index in [-0.39, 0.29) is 10.6 Å². The van der Waals surface area contributed by atoms with Crippen LogP contribution in [0, 0.1) is 0 Å². The van der Waals surface area contributed by atoms with Crippen molar-refractivity contribution in [1.29, 1.82) is 0 Å². The molecule has 0 aliphatic heterocycles. The summed E-state index contributed by atoms with van der Waals surface area (Å²) in [5.41, 5.74) is 0.480. The lowest BCUT2D eigenvalue weighted by molar-refractivity contribution is 0.475. The molecule has 0 heterocycles. The first-order chi connectivity index (χ1) is 8.93. The maximum absolute atomic E-state index is 12.5. The van der Waals surface area contributed by atoms with Crippen LogP contribution in [0.4, 0.5) is 5.69 Å². The van der Waals surface area contributed by atoms with Crippen LogP contribution in [-0.2, 0) is 10.0 Å². The van der Waals surface area contributed by atoms with Gasteiger partial charge in [0, 0.05) is 11.5 Å². The Bertz CT molecular complexity index is 683. The average molecular weight is 342 g/mol. The fourth-order valence-corrected chi connectivity index (χ4v) is 3.76. The number of hydrogen-bond acceptors (Lipinski definition) is 3. The number of anilines is 1. The molecular weight excluding hydrogens is 330 g/mol. The van der Waals surface area contributed by atoms with Crippen molar-refractivity contribution < 1.29 is 13.5 Å². The molecule has 0 aliphatic rings. The Kier molecular flexibility index (Phi) is 3.82. The predicted octanol–water partition coefficient (Wildman–Crippen LogP) is 2.98. The highest BCUT2D eigenvalue weighted by molar-refractivity contribution is 9.10. The smallest absolute Gasteiger partial charge is 0.265 e. The number of benzene rings is 2. The van der Waals surface area contributed by atoms with Crippen molar-refractivity contribution in [3.8, 4) is 5.75 Å². The lowest BCUT2D eigenvalue weighted by atomic mass is 10.3. The highest BCUT2D eigenvalue weighted by atomic mass is 79.9. The molecule has 0 saturated carbocycles. The van der Waals surface area contributed by atoms with E-state index in [0.717, 1.165) is 0 Å². The summed E-state index contributed by atoms with van der Waals surface area (Å²) in [6.07, 6.45) is 0. The van der Waals surface area contributed by atoms with Gasteiger partial charge in [-0.15, -0.1) is 0 Å². The van der Waals surface area contributed by atoms with E-state index in [2.05, 4.69) is 15.9 Å². The van der Waals surface area contributed by atoms with Gasteiger partial charge in [-0.1, -0.05) is 12.1 Å². The second-order valence-corrected chi connectivity index (χ2v) is 6.71. The van der Waals surface area contributed by atoms with Crippen molar-refractivity contribution in [2.45, 2.75) is 4.90 Å². The predicted molar refractivity (Wildman–Crippen MR) is 77.8 cm³/mol. The number of rotatable bonds is 3. The van der Waals surface area contributed by atoms with Gasteiger partial charge in [-0.2, -0.15) is 0 Å². The summed E-state index contributed by atoms with van der Waals surface area (Å²) in [4.78, 5) is 0.200. The second kappa shape index (κ2) is 5.22. The topological polar surface area (TPSA) is 57.6 Å². The Morgan fingerprint density at radius 2 is 1.63 bits per heavy atom. The van der Waals surface area contributed by atoms with Crippen molar-refractivity contribution in [2.24, 2.45) is 0 Å². The molecule has 100 valence electrons. The van der Waals surface area contributed by atoms with E-state index in [1.165, 1.54) is 29.6 Å². The zero-order valence-electron chi connectivity index (χ0n) is 10.1. The van der Waals surface area contributed by atoms with E-state index in [1.807, 2.05) is 0 Å². The van der Waals surface area contributed by atoms with E-state index in [0.29, 0.717) is 10.2 Å². The number of phenols is 1. The van der Waals surface area contributed by atoms with Crippen molar-refractivity contribution in [3.63, 3.8) is 0 Å². The molecule has 0 amide bonds. The Balaban J connectivity index is 2.45. The van der Waals surface area contributed by atoms with Crippen molar-refractivity contribution in [1.82, 2.24) is 0 Å². The Morgan fingerprint density at radius 3 is 2.21 bits per heavy atom. The summed E-state index contributed by atoms with van der Waals surface area (Å²) in [5, 5.41) is 9.23. The molecule has 2 aromatic rings. The minimum absolute atomic E-state index is 0.0930. The molecule has 0 atom stereocenters. The van der Waals surface area contributed by atoms with Crippen LogP contribution in [-0.4, -0.2) is 20.6 Å². The molecule has 6 heteroatoms. The molecule has 0 saturated heterocycles. The maximum Gasteiger partial charge on any atom is 0.265 e. The summed E-state index contributed by atoms with van der Waals surface area (Å²) >= 11 is 3.24. The molecule has 2 rings (SSSR count). The highest BCUT2D eigenvalue weighted by Crippen LogP contribution is 2.28. The van der Waals surface area contributed by atoms with Crippen LogP contribution >= 0.6 is 15.9 Å². The number of aromatic hydroxyl groups is 1. The van der Waals surface area contributed by atoms with E-state index < -0.39 is 10.0 Å². The first kappa shape index (κ1) is 13.9. The number of sulfonamides is 1. The first-order valence-corrected chi connectivity index (χ1v) is 7.69. The van der Waals surface area contributed by atoms with Crippen LogP contribution in [0.1, 0.15) is 0 Å². The zero-order chi connectivity index (χ0) is 14.0. The zero-order valence-corrected chi connectivity index (χ0v) is 12.5. The van der Waals surface area contributed by atoms with Crippen molar-refractivity contribution in [2.75, 3.05) is 11.4 Å². The van der Waals surface area contributed by atoms with Gasteiger partial charge in [-0.3, -0.25) is 4.31 Å². The van der Waals surface area contributed by atoms with Crippen LogP contribution in [0.3, 0.4) is 0 Å². The molecule has 0 spiro atoms. The number of hydrogen-bond donors (Lipinski definition) is 1. The van der Waals surface area contributed by atoms with Gasteiger partial charge in [0.05, 0.1) is 5.69 Å². The third-order valence-electron chi connectivity index (χ3n) is 2.69. The van der Waals surface area contributed by atoms with Gasteiger partial charge in [0.1, 0.15) is 10.6 Å². The third-order valence-corrected chi connectivity index (χ3v) is 5.49. The van der Waals surface area contributed by atoms with Crippen LogP contribution in [0.5, 0.6) is 5.75 Å². The fraction of sp³-hybridized carbons (Fsp3) is 0.0769. The minimum Gasteiger partial charge on any atom is -0.508 e. The lowest BCUT2D eigenvalue weighted by Gasteiger charge is -2.20. The standard InChI is InChI=1S/C13H12BrNO3S/c1-15(10-6-8-11(16)9-7-10)19(17,18)13-5-3-2-4-12(13)14/h2-9,16H,1H3. The van der Waals surface area contributed by atoms with Crippen LogP contribution in [0.25, 0.3) is 0 Å². The average Bonchev–Trinajstić information content (AvgIpc) is 2.39. The molecule has 0 unspecified atom stereocenters. The summed E-state index contributed by atoms with van der Waals surface area (Å²) < 4.78 is 26.6. The molecule has 0 aliphatic carbocycles. The van der Waals surface area contributed by atoms with Gasteiger partial charge in [0.25, 0.3) is 10.0 Å². The molecule has 0 fully saturated rings. The lowest BCUT2D eigenvalue weighted by Crippen LogP contribution is -2.26. The molecule has 19 heavy (non-hydrogen) atoms. The quantitative estimate of drug-likeness (QED) is 0.933. The van der Waals surface area contributed by atoms with Gasteiger partial charge in [0.15, 0.2) is 0 Å². The van der Waals surface area contributed by atoms with Crippen LogP contribution in [0.2, 0.25) is 0 Å². The number of phenolic OH excluding ortho intramolecular Hbond substituents is 1. The van der Waals surface area contributed by atoms with Gasteiger partial charge < -0.3 is 5.11 Å². The monoisotopic (exact) mass is 341 g/mol. The highest BCUT2D eigenvalue weighted by Gasteiger charge is 2.23. The fourth-order valence-electron chi connectivity index (χ4n) is 1.60. The minimum atomic E-state index is -3.63. The summed E-state index contributed by atoms with van der Waals surface area (Å²) in [7, 11) is -2.16. The summed E-state index contributed by atoms with van der Waals surface area (Å²) in [5.74, 6) is 0.0930.